The number of piperidine rings is 1. The Morgan fingerprint density at radius 3 is 2.32 bits per heavy atom. The number of carbonyl (C=O) groups excluding carboxylic acids is 2. The molecule has 5 heteroatoms. The SMILES string of the molecule is CCc1ccc(C(C)NC(=O)C2CCN(C(=O)NC3CC3)CC2)cc1. The van der Waals surface area contributed by atoms with Crippen LogP contribution in [-0.2, 0) is 11.2 Å². The molecule has 2 aliphatic rings. The minimum atomic E-state index is 0.00217. The van der Waals surface area contributed by atoms with Crippen LogP contribution in [-0.4, -0.2) is 36.0 Å². The van der Waals surface area contributed by atoms with Gasteiger partial charge in [-0.1, -0.05) is 31.2 Å². The number of hydrogen-bond acceptors (Lipinski definition) is 2. The smallest absolute Gasteiger partial charge is 0.317 e. The first kappa shape index (κ1) is 17.8. The first-order chi connectivity index (χ1) is 12.1. The predicted molar refractivity (Wildman–Crippen MR) is 98.2 cm³/mol. The van der Waals surface area contributed by atoms with E-state index in [2.05, 4.69) is 41.8 Å². The minimum absolute atomic E-state index is 0.00217. The molecule has 1 unspecified atom stereocenters. The van der Waals surface area contributed by atoms with Crippen molar-refractivity contribution in [3.63, 3.8) is 0 Å². The third-order valence-electron chi connectivity index (χ3n) is 5.30. The third kappa shape index (κ3) is 4.74. The van der Waals surface area contributed by atoms with Gasteiger partial charge in [-0.15, -0.1) is 0 Å². The van der Waals surface area contributed by atoms with E-state index in [0.29, 0.717) is 19.1 Å². The largest absolute Gasteiger partial charge is 0.349 e. The number of aryl methyl sites for hydroxylation is 1. The standard InChI is InChI=1S/C20H29N3O2/c1-3-15-4-6-16(7-5-15)14(2)21-19(24)17-10-12-23(13-11-17)20(25)22-18-8-9-18/h4-7,14,17-18H,3,8-13H2,1-2H3,(H,21,24)(H,22,25). The van der Waals surface area contributed by atoms with Crippen LogP contribution in [0.5, 0.6) is 0 Å². The molecule has 25 heavy (non-hydrogen) atoms. The molecule has 3 rings (SSSR count). The van der Waals surface area contributed by atoms with Crippen LogP contribution < -0.4 is 10.6 Å². The van der Waals surface area contributed by atoms with E-state index in [-0.39, 0.29) is 23.9 Å². The van der Waals surface area contributed by atoms with E-state index in [1.54, 1.807) is 0 Å². The van der Waals surface area contributed by atoms with Crippen LogP contribution in [0, 0.1) is 5.92 Å². The summed E-state index contributed by atoms with van der Waals surface area (Å²) in [6.45, 7) is 5.49. The van der Waals surface area contributed by atoms with Crippen LogP contribution in [0.1, 0.15) is 56.7 Å². The maximum Gasteiger partial charge on any atom is 0.317 e. The minimum Gasteiger partial charge on any atom is -0.349 e. The second-order valence-electron chi connectivity index (χ2n) is 7.31. The molecule has 5 nitrogen and oxygen atoms in total. The average Bonchev–Trinajstić information content (AvgIpc) is 3.45. The van der Waals surface area contributed by atoms with Gasteiger partial charge >= 0.3 is 6.03 Å². The van der Waals surface area contributed by atoms with E-state index in [4.69, 9.17) is 0 Å². The Bertz CT molecular complexity index is 602. The lowest BCUT2D eigenvalue weighted by Gasteiger charge is -2.32. The second-order valence-corrected chi connectivity index (χ2v) is 7.31. The van der Waals surface area contributed by atoms with Gasteiger partial charge < -0.3 is 15.5 Å². The van der Waals surface area contributed by atoms with Gasteiger partial charge in [0.2, 0.25) is 5.91 Å². The molecule has 2 N–H and O–H groups in total. The van der Waals surface area contributed by atoms with E-state index in [1.807, 2.05) is 11.8 Å². The Hall–Kier alpha value is -2.04. The number of benzene rings is 1. The molecule has 1 saturated heterocycles. The molecule has 1 aliphatic heterocycles. The third-order valence-corrected chi connectivity index (χ3v) is 5.30. The summed E-state index contributed by atoms with van der Waals surface area (Å²) in [7, 11) is 0. The molecule has 0 aromatic heterocycles. The second kappa shape index (κ2) is 7.89. The van der Waals surface area contributed by atoms with Gasteiger partial charge in [-0.05, 0) is 50.2 Å². The number of nitrogens with one attached hydrogen (secondary N) is 2. The Kier molecular flexibility index (Phi) is 5.61. The molecule has 1 aromatic carbocycles. The predicted octanol–water partition coefficient (Wildman–Crippen LogP) is 3.01. The molecule has 1 aromatic rings. The van der Waals surface area contributed by atoms with Crippen LogP contribution in [0.4, 0.5) is 4.79 Å². The molecule has 1 saturated carbocycles. The van der Waals surface area contributed by atoms with E-state index >= 15 is 0 Å². The zero-order valence-electron chi connectivity index (χ0n) is 15.3. The molecular formula is C20H29N3O2. The fraction of sp³-hybridized carbons (Fsp3) is 0.600. The summed E-state index contributed by atoms with van der Waals surface area (Å²) >= 11 is 0. The summed E-state index contributed by atoms with van der Waals surface area (Å²) in [4.78, 5) is 26.4. The molecule has 0 bridgehead atoms. The topological polar surface area (TPSA) is 61.4 Å². The first-order valence-electron chi connectivity index (χ1n) is 9.51. The number of carbonyl (C=O) groups is 2. The molecule has 3 amide bonds. The van der Waals surface area contributed by atoms with Gasteiger partial charge in [-0.25, -0.2) is 4.79 Å². The quantitative estimate of drug-likeness (QED) is 0.863. The van der Waals surface area contributed by atoms with Crippen molar-refractivity contribution in [3.8, 4) is 0 Å². The summed E-state index contributed by atoms with van der Waals surface area (Å²) < 4.78 is 0. The number of hydrogen-bond donors (Lipinski definition) is 2. The summed E-state index contributed by atoms with van der Waals surface area (Å²) in [6.07, 6.45) is 4.70. The number of amides is 3. The highest BCUT2D eigenvalue weighted by Crippen LogP contribution is 2.22. The highest BCUT2D eigenvalue weighted by atomic mass is 16.2. The molecule has 2 fully saturated rings. The lowest BCUT2D eigenvalue weighted by Crippen LogP contribution is -2.47. The number of rotatable bonds is 5. The number of nitrogens with zero attached hydrogens (tertiary/aromatic N) is 1. The maximum absolute atomic E-state index is 12.5. The Labute approximate surface area is 150 Å². The fourth-order valence-electron chi connectivity index (χ4n) is 3.29. The zero-order chi connectivity index (χ0) is 17.8. The van der Waals surface area contributed by atoms with Gasteiger partial charge in [0.15, 0.2) is 0 Å². The van der Waals surface area contributed by atoms with Gasteiger partial charge in [0.25, 0.3) is 0 Å². The van der Waals surface area contributed by atoms with Crippen molar-refractivity contribution in [2.24, 2.45) is 5.92 Å². The van der Waals surface area contributed by atoms with Crippen LogP contribution in [0.2, 0.25) is 0 Å². The van der Waals surface area contributed by atoms with Crippen molar-refractivity contribution in [2.75, 3.05) is 13.1 Å². The van der Waals surface area contributed by atoms with Gasteiger partial charge in [-0.3, -0.25) is 4.79 Å². The van der Waals surface area contributed by atoms with Crippen molar-refractivity contribution < 1.29 is 9.59 Å². The monoisotopic (exact) mass is 343 g/mol. The number of urea groups is 1. The highest BCUT2D eigenvalue weighted by molar-refractivity contribution is 5.80. The zero-order valence-corrected chi connectivity index (χ0v) is 15.3. The molecular weight excluding hydrogens is 314 g/mol. The summed E-state index contributed by atoms with van der Waals surface area (Å²) in [5.74, 6) is 0.108. The maximum atomic E-state index is 12.5. The van der Waals surface area contributed by atoms with Crippen LogP contribution in [0.3, 0.4) is 0 Å². The van der Waals surface area contributed by atoms with Crippen LogP contribution in [0.15, 0.2) is 24.3 Å². The normalized spacial score (nSPS) is 19.4. The summed E-state index contributed by atoms with van der Waals surface area (Å²) in [6, 6.07) is 8.85. The first-order valence-corrected chi connectivity index (χ1v) is 9.51. The Morgan fingerprint density at radius 2 is 1.76 bits per heavy atom. The molecule has 0 radical (unpaired) electrons. The highest BCUT2D eigenvalue weighted by Gasteiger charge is 2.30. The van der Waals surface area contributed by atoms with Crippen molar-refractivity contribution in [1.29, 1.82) is 0 Å². The van der Waals surface area contributed by atoms with E-state index in [1.165, 1.54) is 5.56 Å². The average molecular weight is 343 g/mol. The van der Waals surface area contributed by atoms with Crippen LogP contribution >= 0.6 is 0 Å². The molecule has 1 atom stereocenters. The lowest BCUT2D eigenvalue weighted by molar-refractivity contribution is -0.126. The van der Waals surface area contributed by atoms with Crippen molar-refractivity contribution in [3.05, 3.63) is 35.4 Å². The van der Waals surface area contributed by atoms with Gasteiger partial charge in [-0.2, -0.15) is 0 Å². The molecule has 0 spiro atoms. The van der Waals surface area contributed by atoms with Gasteiger partial charge in [0.05, 0.1) is 6.04 Å². The lowest BCUT2D eigenvalue weighted by atomic mass is 9.95. The van der Waals surface area contributed by atoms with Crippen LogP contribution in [0.25, 0.3) is 0 Å². The molecule has 1 heterocycles. The fourth-order valence-corrected chi connectivity index (χ4v) is 3.29. The van der Waals surface area contributed by atoms with E-state index in [0.717, 1.165) is 37.7 Å². The summed E-state index contributed by atoms with van der Waals surface area (Å²) in [5, 5.41) is 6.15. The van der Waals surface area contributed by atoms with Gasteiger partial charge in [0, 0.05) is 25.0 Å². The number of likely N-dealkylation sites (tertiary alicyclic amines) is 1. The van der Waals surface area contributed by atoms with Crippen molar-refractivity contribution in [2.45, 2.75) is 58.0 Å². The summed E-state index contributed by atoms with van der Waals surface area (Å²) in [5.41, 5.74) is 2.44. The van der Waals surface area contributed by atoms with Gasteiger partial charge in [0.1, 0.15) is 0 Å². The van der Waals surface area contributed by atoms with Crippen molar-refractivity contribution in [1.82, 2.24) is 15.5 Å². The molecule has 1 aliphatic carbocycles. The van der Waals surface area contributed by atoms with E-state index in [9.17, 15) is 9.59 Å². The Balaban J connectivity index is 1.45. The molecule has 136 valence electrons. The van der Waals surface area contributed by atoms with Crippen molar-refractivity contribution >= 4 is 11.9 Å². The van der Waals surface area contributed by atoms with E-state index < -0.39 is 0 Å². The Morgan fingerprint density at radius 1 is 1.12 bits per heavy atom.